The predicted molar refractivity (Wildman–Crippen MR) is 94.5 cm³/mol. The van der Waals surface area contributed by atoms with Gasteiger partial charge in [-0.1, -0.05) is 13.8 Å². The van der Waals surface area contributed by atoms with E-state index >= 15 is 0 Å². The van der Waals surface area contributed by atoms with Gasteiger partial charge in [0.15, 0.2) is 0 Å². The standard InChI is InChI=1S/C19H32N4O/c1-13(2)18-19(12-22(18)3)8-16(17(24)9-19)20-10-15-6-7-21-23(15)11-14-4-5-14/h6-7,13-14,16-18,20,24H,4-5,8-12H2,1-3H3/t16-,17-,18?,19?/m1/s1. The highest BCUT2D eigenvalue weighted by molar-refractivity contribution is 5.12. The van der Waals surface area contributed by atoms with Crippen molar-refractivity contribution in [1.82, 2.24) is 20.0 Å². The van der Waals surface area contributed by atoms with E-state index in [2.05, 4.69) is 47.0 Å². The molecule has 5 nitrogen and oxygen atoms in total. The highest BCUT2D eigenvalue weighted by Crippen LogP contribution is 2.52. The van der Waals surface area contributed by atoms with Crippen LogP contribution < -0.4 is 5.32 Å². The van der Waals surface area contributed by atoms with E-state index in [0.29, 0.717) is 17.4 Å². The van der Waals surface area contributed by atoms with Crippen molar-refractivity contribution in [2.75, 3.05) is 13.6 Å². The van der Waals surface area contributed by atoms with Gasteiger partial charge in [0, 0.05) is 43.3 Å². The molecule has 0 aromatic carbocycles. The van der Waals surface area contributed by atoms with Crippen molar-refractivity contribution < 1.29 is 5.11 Å². The second kappa shape index (κ2) is 6.11. The zero-order valence-electron chi connectivity index (χ0n) is 15.3. The molecule has 2 saturated carbocycles. The van der Waals surface area contributed by atoms with Crippen LogP contribution in [0.1, 0.15) is 45.2 Å². The fraction of sp³-hybridized carbons (Fsp3) is 0.842. The first-order chi connectivity index (χ1) is 11.5. The highest BCUT2D eigenvalue weighted by Gasteiger charge is 2.57. The molecule has 1 aromatic heterocycles. The van der Waals surface area contributed by atoms with Gasteiger partial charge in [0.1, 0.15) is 0 Å². The van der Waals surface area contributed by atoms with E-state index < -0.39 is 0 Å². The lowest BCUT2D eigenvalue weighted by molar-refractivity contribution is -0.0828. The lowest BCUT2D eigenvalue weighted by Crippen LogP contribution is -2.64. The zero-order valence-corrected chi connectivity index (χ0v) is 15.3. The monoisotopic (exact) mass is 332 g/mol. The Kier molecular flexibility index (Phi) is 4.22. The molecule has 24 heavy (non-hydrogen) atoms. The van der Waals surface area contributed by atoms with Gasteiger partial charge in [-0.2, -0.15) is 5.10 Å². The highest BCUT2D eigenvalue weighted by atomic mass is 16.3. The van der Waals surface area contributed by atoms with Gasteiger partial charge in [0.25, 0.3) is 0 Å². The zero-order chi connectivity index (χ0) is 16.9. The van der Waals surface area contributed by atoms with E-state index in [1.54, 1.807) is 0 Å². The molecular formula is C19H32N4O. The number of hydrogen-bond donors (Lipinski definition) is 2. The topological polar surface area (TPSA) is 53.3 Å². The maximum atomic E-state index is 10.6. The molecule has 3 fully saturated rings. The lowest BCUT2D eigenvalue weighted by Gasteiger charge is -2.57. The molecule has 2 unspecified atom stereocenters. The normalized spacial score (nSPS) is 36.6. The van der Waals surface area contributed by atoms with Crippen LogP contribution in [0.15, 0.2) is 12.3 Å². The Labute approximate surface area is 145 Å². The molecule has 2 aliphatic carbocycles. The number of rotatable bonds is 6. The molecule has 1 aromatic rings. The molecule has 2 heterocycles. The van der Waals surface area contributed by atoms with Crippen molar-refractivity contribution in [3.05, 3.63) is 18.0 Å². The van der Waals surface area contributed by atoms with Crippen molar-refractivity contribution in [1.29, 1.82) is 0 Å². The average Bonchev–Trinajstić information content (AvgIpc) is 3.09. The third kappa shape index (κ3) is 2.91. The molecular weight excluding hydrogens is 300 g/mol. The predicted octanol–water partition coefficient (Wildman–Crippen LogP) is 1.86. The first-order valence-electron chi connectivity index (χ1n) is 9.61. The van der Waals surface area contributed by atoms with Crippen LogP contribution in [0.3, 0.4) is 0 Å². The fourth-order valence-corrected chi connectivity index (χ4v) is 5.51. The number of hydrogen-bond acceptors (Lipinski definition) is 4. The Morgan fingerprint density at radius 2 is 2.17 bits per heavy atom. The van der Waals surface area contributed by atoms with Gasteiger partial charge in [-0.3, -0.25) is 4.68 Å². The van der Waals surface area contributed by atoms with Gasteiger partial charge >= 0.3 is 0 Å². The minimum atomic E-state index is -0.222. The smallest absolute Gasteiger partial charge is 0.0699 e. The number of aliphatic hydroxyl groups excluding tert-OH is 1. The van der Waals surface area contributed by atoms with Gasteiger partial charge in [0.05, 0.1) is 11.8 Å². The summed E-state index contributed by atoms with van der Waals surface area (Å²) in [5.74, 6) is 1.48. The maximum Gasteiger partial charge on any atom is 0.0699 e. The van der Waals surface area contributed by atoms with Crippen LogP contribution >= 0.6 is 0 Å². The largest absolute Gasteiger partial charge is 0.391 e. The Balaban J connectivity index is 1.37. The Morgan fingerprint density at radius 1 is 1.38 bits per heavy atom. The van der Waals surface area contributed by atoms with E-state index in [-0.39, 0.29) is 12.1 Å². The quantitative estimate of drug-likeness (QED) is 0.835. The summed E-state index contributed by atoms with van der Waals surface area (Å²) < 4.78 is 2.15. The molecule has 4 rings (SSSR count). The molecule has 3 aliphatic rings. The first kappa shape index (κ1) is 16.6. The van der Waals surface area contributed by atoms with Gasteiger partial charge in [-0.15, -0.1) is 0 Å². The van der Waals surface area contributed by atoms with E-state index in [1.807, 2.05) is 6.20 Å². The fourth-order valence-electron chi connectivity index (χ4n) is 5.51. The Hall–Kier alpha value is -0.910. The Morgan fingerprint density at radius 3 is 2.83 bits per heavy atom. The summed E-state index contributed by atoms with van der Waals surface area (Å²) in [4.78, 5) is 2.46. The van der Waals surface area contributed by atoms with Crippen LogP contribution in [-0.4, -0.2) is 51.6 Å². The van der Waals surface area contributed by atoms with Crippen LogP contribution in [-0.2, 0) is 13.1 Å². The van der Waals surface area contributed by atoms with E-state index in [1.165, 1.54) is 18.5 Å². The number of aliphatic hydroxyl groups is 1. The number of aromatic nitrogens is 2. The van der Waals surface area contributed by atoms with E-state index in [0.717, 1.165) is 38.4 Å². The number of nitrogens with zero attached hydrogens (tertiary/aromatic N) is 3. The second-order valence-electron chi connectivity index (χ2n) is 8.88. The van der Waals surface area contributed by atoms with Crippen molar-refractivity contribution in [3.8, 4) is 0 Å². The molecule has 2 N–H and O–H groups in total. The summed E-state index contributed by atoms with van der Waals surface area (Å²) in [5.41, 5.74) is 1.56. The summed E-state index contributed by atoms with van der Waals surface area (Å²) >= 11 is 0. The number of nitrogens with one attached hydrogen (secondary N) is 1. The van der Waals surface area contributed by atoms with Crippen LogP contribution in [0.2, 0.25) is 0 Å². The maximum absolute atomic E-state index is 10.6. The molecule has 134 valence electrons. The average molecular weight is 332 g/mol. The second-order valence-corrected chi connectivity index (χ2v) is 8.88. The van der Waals surface area contributed by atoms with E-state index in [4.69, 9.17) is 0 Å². The first-order valence-corrected chi connectivity index (χ1v) is 9.61. The van der Waals surface area contributed by atoms with Gasteiger partial charge < -0.3 is 15.3 Å². The molecule has 4 atom stereocenters. The van der Waals surface area contributed by atoms with Gasteiger partial charge in [-0.05, 0) is 50.6 Å². The third-order valence-corrected chi connectivity index (χ3v) is 6.48. The van der Waals surface area contributed by atoms with Crippen molar-refractivity contribution >= 4 is 0 Å². The Bertz CT molecular complexity index is 577. The number of likely N-dealkylation sites (tertiary alicyclic amines) is 1. The minimum absolute atomic E-state index is 0.212. The van der Waals surface area contributed by atoms with Crippen molar-refractivity contribution in [2.45, 2.75) is 70.8 Å². The summed E-state index contributed by atoms with van der Waals surface area (Å²) in [5, 5.41) is 18.7. The summed E-state index contributed by atoms with van der Waals surface area (Å²) in [6.07, 6.45) is 6.42. The van der Waals surface area contributed by atoms with Crippen LogP contribution in [0.25, 0.3) is 0 Å². The molecule has 1 spiro atoms. The molecule has 1 saturated heterocycles. The molecule has 0 amide bonds. The summed E-state index contributed by atoms with van der Waals surface area (Å²) in [6, 6.07) is 2.93. The van der Waals surface area contributed by atoms with Crippen LogP contribution in [0.5, 0.6) is 0 Å². The molecule has 0 bridgehead atoms. The lowest BCUT2D eigenvalue weighted by atomic mass is 9.66. The van der Waals surface area contributed by atoms with E-state index in [9.17, 15) is 5.11 Å². The third-order valence-electron chi connectivity index (χ3n) is 6.48. The summed E-state index contributed by atoms with van der Waals surface area (Å²) in [6.45, 7) is 7.62. The van der Waals surface area contributed by atoms with Gasteiger partial charge in [0.2, 0.25) is 0 Å². The van der Waals surface area contributed by atoms with Gasteiger partial charge in [-0.25, -0.2) is 0 Å². The molecule has 0 radical (unpaired) electrons. The molecule has 1 aliphatic heterocycles. The summed E-state index contributed by atoms with van der Waals surface area (Å²) in [7, 11) is 2.22. The van der Waals surface area contributed by atoms with Crippen LogP contribution in [0, 0.1) is 17.3 Å². The SMILES string of the molecule is CC(C)C1N(C)CC12C[C@@H](O)[C@H](NCc1ccnn1CC1CC1)C2. The minimum Gasteiger partial charge on any atom is -0.391 e. The van der Waals surface area contributed by atoms with Crippen molar-refractivity contribution in [2.24, 2.45) is 17.3 Å². The van der Waals surface area contributed by atoms with Crippen LogP contribution in [0.4, 0.5) is 0 Å². The molecule has 5 heteroatoms. The van der Waals surface area contributed by atoms with Crippen molar-refractivity contribution in [3.63, 3.8) is 0 Å².